The Morgan fingerprint density at radius 1 is 0.633 bits per heavy atom. The van der Waals surface area contributed by atoms with Crippen molar-refractivity contribution in [2.45, 2.75) is 31.6 Å². The zero-order chi connectivity index (χ0) is 21.7. The summed E-state index contributed by atoms with van der Waals surface area (Å²) in [5.41, 5.74) is 3.32. The fourth-order valence-corrected chi connectivity index (χ4v) is 4.88. The van der Waals surface area contributed by atoms with Crippen molar-refractivity contribution in [1.29, 1.82) is 0 Å². The van der Waals surface area contributed by atoms with Gasteiger partial charge in [-0.05, 0) is 76.4 Å². The highest BCUT2D eigenvalue weighted by Crippen LogP contribution is 2.57. The smallest absolute Gasteiger partial charge is 0.157 e. The first-order valence-electron chi connectivity index (χ1n) is 9.78. The third-order valence-corrected chi connectivity index (χ3v) is 6.43. The highest BCUT2D eigenvalue weighted by atomic mass is 16.3. The molecule has 6 heteroatoms. The molecule has 30 heavy (non-hydrogen) atoms. The number of hydrogen-bond acceptors (Lipinski definition) is 6. The summed E-state index contributed by atoms with van der Waals surface area (Å²) in [6, 6.07) is 12.6. The van der Waals surface area contributed by atoms with E-state index in [9.17, 15) is 30.6 Å². The van der Waals surface area contributed by atoms with Gasteiger partial charge in [-0.25, -0.2) is 0 Å². The van der Waals surface area contributed by atoms with Crippen molar-refractivity contribution in [3.8, 4) is 34.5 Å². The first-order chi connectivity index (χ1) is 14.2. The number of aromatic hydroxyl groups is 6. The lowest BCUT2D eigenvalue weighted by molar-refractivity contribution is 0.368. The zero-order valence-electron chi connectivity index (χ0n) is 16.6. The molecule has 4 atom stereocenters. The summed E-state index contributed by atoms with van der Waals surface area (Å²) >= 11 is 0. The number of hydrogen-bond donors (Lipinski definition) is 6. The van der Waals surface area contributed by atoms with E-state index in [0.29, 0.717) is 0 Å². The van der Waals surface area contributed by atoms with Crippen molar-refractivity contribution in [3.05, 3.63) is 70.8 Å². The number of benzene rings is 3. The van der Waals surface area contributed by atoms with Crippen LogP contribution in [0.15, 0.2) is 48.5 Å². The van der Waals surface area contributed by atoms with Crippen LogP contribution in [0.3, 0.4) is 0 Å². The van der Waals surface area contributed by atoms with Crippen LogP contribution in [0.4, 0.5) is 0 Å². The first kappa shape index (κ1) is 19.8. The van der Waals surface area contributed by atoms with Crippen LogP contribution in [0.1, 0.15) is 53.9 Å². The van der Waals surface area contributed by atoms with E-state index in [1.54, 1.807) is 24.3 Å². The predicted molar refractivity (Wildman–Crippen MR) is 111 cm³/mol. The largest absolute Gasteiger partial charge is 0.504 e. The van der Waals surface area contributed by atoms with E-state index in [0.717, 1.165) is 22.3 Å². The Morgan fingerprint density at radius 2 is 1.17 bits per heavy atom. The highest BCUT2D eigenvalue weighted by molar-refractivity contribution is 5.56. The van der Waals surface area contributed by atoms with Crippen LogP contribution in [-0.2, 0) is 0 Å². The molecule has 0 fully saturated rings. The minimum Gasteiger partial charge on any atom is -0.504 e. The van der Waals surface area contributed by atoms with Crippen LogP contribution in [0.2, 0.25) is 0 Å². The van der Waals surface area contributed by atoms with Crippen molar-refractivity contribution in [2.24, 2.45) is 5.92 Å². The van der Waals surface area contributed by atoms with Crippen molar-refractivity contribution in [1.82, 2.24) is 0 Å². The number of phenolic OH excluding ortho intramolecular Hbond substituents is 6. The molecule has 0 radical (unpaired) electrons. The Balaban J connectivity index is 1.88. The summed E-state index contributed by atoms with van der Waals surface area (Å²) in [5.74, 6) is -1.62. The average molecular weight is 408 g/mol. The van der Waals surface area contributed by atoms with E-state index in [1.807, 2.05) is 13.8 Å². The van der Waals surface area contributed by atoms with Gasteiger partial charge < -0.3 is 30.6 Å². The Bertz CT molecular complexity index is 1120. The van der Waals surface area contributed by atoms with Gasteiger partial charge >= 0.3 is 0 Å². The molecule has 0 spiro atoms. The SMILES string of the molecule is CC(c1ccc(O)c(O)c1)C1C(C)c2cc(O)c(O)cc2C1c1ccc(O)c(O)c1. The van der Waals surface area contributed by atoms with Gasteiger partial charge in [-0.2, -0.15) is 0 Å². The fourth-order valence-electron chi connectivity index (χ4n) is 4.88. The standard InChI is InChI=1S/C24H24O6/c1-11(13-3-5-17(25)19(27)7-13)23-12(2)15-9-21(29)22(30)10-16(15)24(23)14-4-6-18(26)20(28)8-14/h3-12,23-30H,1-2H3. The van der Waals surface area contributed by atoms with Gasteiger partial charge in [-0.15, -0.1) is 0 Å². The normalized spacial score (nSPS) is 21.3. The summed E-state index contributed by atoms with van der Waals surface area (Å²) < 4.78 is 0. The van der Waals surface area contributed by atoms with E-state index in [1.165, 1.54) is 24.3 Å². The Hall–Kier alpha value is -3.54. The molecule has 0 saturated heterocycles. The molecule has 156 valence electrons. The number of phenols is 6. The highest BCUT2D eigenvalue weighted by Gasteiger charge is 2.43. The molecule has 1 aliphatic carbocycles. The van der Waals surface area contributed by atoms with Crippen molar-refractivity contribution in [2.75, 3.05) is 0 Å². The summed E-state index contributed by atoms with van der Waals surface area (Å²) in [5, 5.41) is 59.7. The van der Waals surface area contributed by atoms with E-state index in [2.05, 4.69) is 0 Å². The molecule has 4 unspecified atom stereocenters. The van der Waals surface area contributed by atoms with Gasteiger partial charge in [0.15, 0.2) is 34.5 Å². The molecule has 0 aliphatic heterocycles. The third-order valence-electron chi connectivity index (χ3n) is 6.43. The molecule has 0 heterocycles. The molecule has 3 aromatic rings. The first-order valence-corrected chi connectivity index (χ1v) is 9.78. The molecular weight excluding hydrogens is 384 g/mol. The Morgan fingerprint density at radius 3 is 1.77 bits per heavy atom. The fraction of sp³-hybridized carbons (Fsp3) is 0.250. The van der Waals surface area contributed by atoms with Crippen molar-refractivity contribution in [3.63, 3.8) is 0 Å². The quantitative estimate of drug-likeness (QED) is 0.353. The van der Waals surface area contributed by atoms with Gasteiger partial charge in [0, 0.05) is 5.92 Å². The molecule has 3 aromatic carbocycles. The Kier molecular flexibility index (Phi) is 4.65. The molecule has 6 N–H and O–H groups in total. The maximum Gasteiger partial charge on any atom is 0.157 e. The van der Waals surface area contributed by atoms with Gasteiger partial charge in [0.1, 0.15) is 0 Å². The number of rotatable bonds is 3. The lowest BCUT2D eigenvalue weighted by Crippen LogP contribution is -2.19. The second-order valence-corrected chi connectivity index (χ2v) is 8.10. The molecule has 0 aromatic heterocycles. The van der Waals surface area contributed by atoms with Crippen LogP contribution >= 0.6 is 0 Å². The minimum atomic E-state index is -0.237. The maximum atomic E-state index is 10.1. The summed E-state index contributed by atoms with van der Waals surface area (Å²) in [6.45, 7) is 4.06. The van der Waals surface area contributed by atoms with Crippen LogP contribution in [-0.4, -0.2) is 30.6 Å². The van der Waals surface area contributed by atoms with Crippen molar-refractivity contribution < 1.29 is 30.6 Å². The lowest BCUT2D eigenvalue weighted by atomic mass is 9.73. The number of fused-ring (bicyclic) bond motifs is 1. The van der Waals surface area contributed by atoms with Crippen LogP contribution in [0, 0.1) is 5.92 Å². The summed E-state index contributed by atoms with van der Waals surface area (Å²) in [7, 11) is 0. The molecule has 0 saturated carbocycles. The topological polar surface area (TPSA) is 121 Å². The van der Waals surface area contributed by atoms with Gasteiger partial charge in [0.25, 0.3) is 0 Å². The summed E-state index contributed by atoms with van der Waals surface area (Å²) in [4.78, 5) is 0. The van der Waals surface area contributed by atoms with E-state index >= 15 is 0 Å². The third kappa shape index (κ3) is 3.05. The minimum absolute atomic E-state index is 0.0154. The average Bonchev–Trinajstić information content (AvgIpc) is 2.98. The predicted octanol–water partition coefficient (Wildman–Crippen LogP) is 4.59. The molecule has 0 bridgehead atoms. The summed E-state index contributed by atoms with van der Waals surface area (Å²) in [6.07, 6.45) is 0. The van der Waals surface area contributed by atoms with Gasteiger partial charge in [-0.1, -0.05) is 26.0 Å². The molecule has 4 rings (SSSR count). The lowest BCUT2D eigenvalue weighted by Gasteiger charge is -2.30. The molecule has 0 amide bonds. The zero-order valence-corrected chi connectivity index (χ0v) is 16.6. The monoisotopic (exact) mass is 408 g/mol. The van der Waals surface area contributed by atoms with Gasteiger partial charge in [0.2, 0.25) is 0 Å². The molecule has 6 nitrogen and oxygen atoms in total. The van der Waals surface area contributed by atoms with Gasteiger partial charge in [0.05, 0.1) is 0 Å². The van der Waals surface area contributed by atoms with Gasteiger partial charge in [-0.3, -0.25) is 0 Å². The second-order valence-electron chi connectivity index (χ2n) is 8.10. The second kappa shape index (κ2) is 7.06. The van der Waals surface area contributed by atoms with E-state index in [4.69, 9.17) is 0 Å². The molecule has 1 aliphatic rings. The van der Waals surface area contributed by atoms with E-state index < -0.39 is 0 Å². The van der Waals surface area contributed by atoms with Crippen molar-refractivity contribution >= 4 is 0 Å². The van der Waals surface area contributed by atoms with Crippen LogP contribution < -0.4 is 0 Å². The van der Waals surface area contributed by atoms with E-state index in [-0.39, 0.29) is 58.2 Å². The van der Waals surface area contributed by atoms with Crippen LogP contribution in [0.5, 0.6) is 34.5 Å². The molecular formula is C24H24O6. The maximum absolute atomic E-state index is 10.1. The van der Waals surface area contributed by atoms with Crippen LogP contribution in [0.25, 0.3) is 0 Å². The Labute approximate surface area is 173 Å².